The van der Waals surface area contributed by atoms with Crippen LogP contribution in [0.3, 0.4) is 0 Å². The highest BCUT2D eigenvalue weighted by Crippen LogP contribution is 2.25. The Balaban J connectivity index is 1.33. The van der Waals surface area contributed by atoms with E-state index < -0.39 is 34.4 Å². The van der Waals surface area contributed by atoms with Gasteiger partial charge >= 0.3 is 5.97 Å². The Morgan fingerprint density at radius 2 is 1.67 bits per heavy atom. The summed E-state index contributed by atoms with van der Waals surface area (Å²) >= 11 is 0. The average Bonchev–Trinajstić information content (AvgIpc) is 3.44. The van der Waals surface area contributed by atoms with Gasteiger partial charge in [0, 0.05) is 17.7 Å². The quantitative estimate of drug-likeness (QED) is 0.470. The number of para-hydroxylation sites is 1. The standard InChI is InChI=1S/C25H25NO6S/c27-24(26(20-9-5-2-6-10-20)21-15-16-33(29,30)18-21)17-31-25(28)14-12-22-11-13-23(32-22)19-7-3-1-4-8-19/h1-11,13,21H,12,14-18H2. The number of anilines is 1. The van der Waals surface area contributed by atoms with Gasteiger partial charge in [-0.25, -0.2) is 8.42 Å². The summed E-state index contributed by atoms with van der Waals surface area (Å²) in [6.45, 7) is -0.447. The summed E-state index contributed by atoms with van der Waals surface area (Å²) in [5.74, 6) is 0.360. The number of amides is 1. The molecule has 33 heavy (non-hydrogen) atoms. The number of carbonyl (C=O) groups is 2. The van der Waals surface area contributed by atoms with Gasteiger partial charge in [0.15, 0.2) is 16.4 Å². The molecular weight excluding hydrogens is 442 g/mol. The molecule has 0 aliphatic carbocycles. The molecule has 2 heterocycles. The largest absolute Gasteiger partial charge is 0.461 e. The Bertz CT molecular complexity index is 1200. The molecule has 0 saturated carbocycles. The summed E-state index contributed by atoms with van der Waals surface area (Å²) in [7, 11) is -3.18. The van der Waals surface area contributed by atoms with Gasteiger partial charge in [0.25, 0.3) is 5.91 Å². The molecule has 1 unspecified atom stereocenters. The number of hydrogen-bond donors (Lipinski definition) is 0. The monoisotopic (exact) mass is 467 g/mol. The average molecular weight is 468 g/mol. The summed E-state index contributed by atoms with van der Waals surface area (Å²) in [5.41, 5.74) is 1.54. The van der Waals surface area contributed by atoms with Gasteiger partial charge in [-0.2, -0.15) is 0 Å². The highest BCUT2D eigenvalue weighted by molar-refractivity contribution is 7.91. The van der Waals surface area contributed by atoms with Crippen LogP contribution in [0.1, 0.15) is 18.6 Å². The van der Waals surface area contributed by atoms with Crippen molar-refractivity contribution in [2.45, 2.75) is 25.3 Å². The van der Waals surface area contributed by atoms with Crippen LogP contribution < -0.4 is 4.90 Å². The molecule has 1 saturated heterocycles. The number of hydrogen-bond acceptors (Lipinski definition) is 6. The first kappa shape index (κ1) is 22.8. The number of carbonyl (C=O) groups excluding carboxylic acids is 2. The van der Waals surface area contributed by atoms with Gasteiger partial charge in [0.05, 0.1) is 24.0 Å². The minimum atomic E-state index is -3.18. The lowest BCUT2D eigenvalue weighted by Gasteiger charge is -2.28. The maximum atomic E-state index is 12.9. The third-order valence-corrected chi connectivity index (χ3v) is 7.28. The fourth-order valence-electron chi connectivity index (χ4n) is 3.91. The predicted molar refractivity (Wildman–Crippen MR) is 124 cm³/mol. The number of furan rings is 1. The summed E-state index contributed by atoms with van der Waals surface area (Å²) < 4.78 is 34.9. The first-order valence-electron chi connectivity index (χ1n) is 10.8. The van der Waals surface area contributed by atoms with Gasteiger partial charge in [-0.3, -0.25) is 9.59 Å². The molecule has 8 heteroatoms. The topological polar surface area (TPSA) is 93.9 Å². The number of ether oxygens (including phenoxy) is 1. The molecule has 3 aromatic rings. The van der Waals surface area contributed by atoms with Crippen molar-refractivity contribution >= 4 is 27.4 Å². The molecule has 0 spiro atoms. The van der Waals surface area contributed by atoms with Gasteiger partial charge in [-0.1, -0.05) is 48.5 Å². The molecule has 172 valence electrons. The van der Waals surface area contributed by atoms with Crippen molar-refractivity contribution in [2.24, 2.45) is 0 Å². The molecule has 0 radical (unpaired) electrons. The van der Waals surface area contributed by atoms with Gasteiger partial charge in [-0.15, -0.1) is 0 Å². The van der Waals surface area contributed by atoms with Crippen molar-refractivity contribution in [3.8, 4) is 11.3 Å². The van der Waals surface area contributed by atoms with E-state index in [1.54, 1.807) is 24.3 Å². The van der Waals surface area contributed by atoms with Crippen molar-refractivity contribution in [2.75, 3.05) is 23.0 Å². The number of aryl methyl sites for hydroxylation is 1. The molecular formula is C25H25NO6S. The SMILES string of the molecule is O=C(CCc1ccc(-c2ccccc2)o1)OCC(=O)N(c1ccccc1)C1CCS(=O)(=O)C1. The number of sulfone groups is 1. The molecule has 4 rings (SSSR count). The second kappa shape index (κ2) is 10.0. The third kappa shape index (κ3) is 5.90. The fourth-order valence-corrected chi connectivity index (χ4v) is 5.60. The lowest BCUT2D eigenvalue weighted by atomic mass is 10.2. The van der Waals surface area contributed by atoms with Crippen molar-refractivity contribution in [1.29, 1.82) is 0 Å². The zero-order valence-electron chi connectivity index (χ0n) is 18.1. The van der Waals surface area contributed by atoms with E-state index in [1.165, 1.54) is 4.90 Å². The molecule has 0 bridgehead atoms. The van der Waals surface area contributed by atoms with E-state index in [0.717, 1.165) is 11.3 Å². The fraction of sp³-hybridized carbons (Fsp3) is 0.280. The Morgan fingerprint density at radius 1 is 0.970 bits per heavy atom. The van der Waals surface area contributed by atoms with Crippen LogP contribution in [0.2, 0.25) is 0 Å². The zero-order valence-corrected chi connectivity index (χ0v) is 18.9. The lowest BCUT2D eigenvalue weighted by Crippen LogP contribution is -2.43. The van der Waals surface area contributed by atoms with E-state index >= 15 is 0 Å². The van der Waals surface area contributed by atoms with Gasteiger partial charge in [-0.05, 0) is 30.7 Å². The van der Waals surface area contributed by atoms with Crippen LogP contribution in [0.25, 0.3) is 11.3 Å². The minimum Gasteiger partial charge on any atom is -0.461 e. The molecule has 7 nitrogen and oxygen atoms in total. The van der Waals surface area contributed by atoms with Crippen LogP contribution in [0.5, 0.6) is 0 Å². The van der Waals surface area contributed by atoms with E-state index in [0.29, 0.717) is 24.3 Å². The summed E-state index contributed by atoms with van der Waals surface area (Å²) in [4.78, 5) is 26.6. The van der Waals surface area contributed by atoms with Crippen molar-refractivity contribution in [1.82, 2.24) is 0 Å². The molecule has 1 aromatic heterocycles. The maximum Gasteiger partial charge on any atom is 0.306 e. The number of rotatable bonds is 8. The Morgan fingerprint density at radius 3 is 2.33 bits per heavy atom. The molecule has 1 fully saturated rings. The molecule has 1 amide bonds. The Kier molecular flexibility index (Phi) is 6.93. The molecule has 2 aromatic carbocycles. The maximum absolute atomic E-state index is 12.9. The third-order valence-electron chi connectivity index (χ3n) is 5.53. The molecule has 1 aliphatic rings. The van der Waals surface area contributed by atoms with Crippen LogP contribution in [0.4, 0.5) is 5.69 Å². The van der Waals surface area contributed by atoms with Crippen molar-refractivity contribution in [3.05, 3.63) is 78.6 Å². The highest BCUT2D eigenvalue weighted by Gasteiger charge is 2.35. The van der Waals surface area contributed by atoms with E-state index in [9.17, 15) is 18.0 Å². The summed E-state index contributed by atoms with van der Waals surface area (Å²) in [6, 6.07) is 21.7. The second-order valence-electron chi connectivity index (χ2n) is 7.95. The molecule has 1 atom stereocenters. The minimum absolute atomic E-state index is 0.0438. The summed E-state index contributed by atoms with van der Waals surface area (Å²) in [5, 5.41) is 0. The number of benzene rings is 2. The van der Waals surface area contributed by atoms with Crippen LogP contribution in [0, 0.1) is 0 Å². The van der Waals surface area contributed by atoms with Crippen LogP contribution in [-0.2, 0) is 30.6 Å². The van der Waals surface area contributed by atoms with Crippen LogP contribution in [-0.4, -0.2) is 44.4 Å². The zero-order chi connectivity index (χ0) is 23.3. The van der Waals surface area contributed by atoms with Gasteiger partial charge in [0.2, 0.25) is 0 Å². The smallest absolute Gasteiger partial charge is 0.306 e. The van der Waals surface area contributed by atoms with Crippen molar-refractivity contribution < 1.29 is 27.2 Å². The normalized spacial score (nSPS) is 16.9. The second-order valence-corrected chi connectivity index (χ2v) is 10.2. The summed E-state index contributed by atoms with van der Waals surface area (Å²) in [6.07, 6.45) is 0.778. The van der Waals surface area contributed by atoms with Crippen LogP contribution in [0.15, 0.2) is 77.2 Å². The Hall–Kier alpha value is -3.39. The van der Waals surface area contributed by atoms with Gasteiger partial charge in [0.1, 0.15) is 11.5 Å². The van der Waals surface area contributed by atoms with Crippen LogP contribution >= 0.6 is 0 Å². The Labute approximate surface area is 192 Å². The number of esters is 1. The first-order valence-corrected chi connectivity index (χ1v) is 12.6. The molecule has 0 N–H and O–H groups in total. The molecule has 1 aliphatic heterocycles. The lowest BCUT2D eigenvalue weighted by molar-refractivity contribution is -0.148. The van der Waals surface area contributed by atoms with Crippen molar-refractivity contribution in [3.63, 3.8) is 0 Å². The van der Waals surface area contributed by atoms with Gasteiger partial charge < -0.3 is 14.1 Å². The number of nitrogens with zero attached hydrogens (tertiary/aromatic N) is 1. The van der Waals surface area contributed by atoms with E-state index in [4.69, 9.17) is 9.15 Å². The highest BCUT2D eigenvalue weighted by atomic mass is 32.2. The van der Waals surface area contributed by atoms with E-state index in [1.807, 2.05) is 48.5 Å². The first-order chi connectivity index (χ1) is 15.9. The van der Waals surface area contributed by atoms with E-state index in [2.05, 4.69) is 0 Å². The van der Waals surface area contributed by atoms with E-state index in [-0.39, 0.29) is 17.9 Å². The predicted octanol–water partition coefficient (Wildman–Crippen LogP) is 3.64.